The number of hydrogen-bond acceptors (Lipinski definition) is 4. The van der Waals surface area contributed by atoms with E-state index in [1.165, 1.54) is 0 Å². The lowest BCUT2D eigenvalue weighted by atomic mass is 10.1. The Kier molecular flexibility index (Phi) is 6.77. The summed E-state index contributed by atoms with van der Waals surface area (Å²) in [6.45, 7) is 2.09. The van der Waals surface area contributed by atoms with Crippen molar-refractivity contribution in [3.8, 4) is 5.75 Å². The summed E-state index contributed by atoms with van der Waals surface area (Å²) in [5.74, 6) is 0.292. The van der Waals surface area contributed by atoms with Gasteiger partial charge in [-0.25, -0.2) is 0 Å². The Morgan fingerprint density at radius 2 is 2.07 bits per heavy atom. The van der Waals surface area contributed by atoms with Crippen LogP contribution in [0.15, 0.2) is 42.5 Å². The summed E-state index contributed by atoms with van der Waals surface area (Å²) in [5, 5.41) is 6.38. The lowest BCUT2D eigenvalue weighted by molar-refractivity contribution is -0.128. The number of halogens is 1. The van der Waals surface area contributed by atoms with Crippen molar-refractivity contribution in [2.75, 3.05) is 19.1 Å². The minimum Gasteiger partial charge on any atom is -0.496 e. The van der Waals surface area contributed by atoms with Crippen LogP contribution in [0.4, 0.5) is 5.69 Å². The first-order valence-electron chi connectivity index (χ1n) is 9.64. The molecule has 1 unspecified atom stereocenters. The smallest absolute Gasteiger partial charge is 0.249 e. The van der Waals surface area contributed by atoms with Crippen LogP contribution in [0.5, 0.6) is 5.75 Å². The molecule has 0 saturated carbocycles. The van der Waals surface area contributed by atoms with Gasteiger partial charge in [0.05, 0.1) is 19.7 Å². The monoisotopic (exact) mass is 415 g/mol. The maximum Gasteiger partial charge on any atom is 0.249 e. The molecule has 0 aliphatic carbocycles. The Hall–Kier alpha value is -2.57. The number of hydrogen-bond donors (Lipinski definition) is 2. The third kappa shape index (κ3) is 4.71. The number of likely N-dealkylation sites (N-methyl/N-ethyl adjacent to an activating group) is 1. The first-order valence-corrected chi connectivity index (χ1v) is 10.0. The van der Waals surface area contributed by atoms with Crippen molar-refractivity contribution in [2.45, 2.75) is 38.4 Å². The van der Waals surface area contributed by atoms with Gasteiger partial charge in [0.15, 0.2) is 0 Å². The molecule has 0 saturated heterocycles. The molecule has 0 radical (unpaired) electrons. The number of nitrogens with one attached hydrogen (secondary N) is 2. The van der Waals surface area contributed by atoms with Crippen LogP contribution >= 0.6 is 11.6 Å². The van der Waals surface area contributed by atoms with Gasteiger partial charge >= 0.3 is 0 Å². The van der Waals surface area contributed by atoms with E-state index in [9.17, 15) is 9.59 Å². The fourth-order valence-corrected chi connectivity index (χ4v) is 3.62. The zero-order chi connectivity index (χ0) is 21.0. The molecule has 2 aromatic carbocycles. The Morgan fingerprint density at radius 1 is 1.31 bits per heavy atom. The van der Waals surface area contributed by atoms with Crippen LogP contribution < -0.4 is 20.3 Å². The molecular weight excluding hydrogens is 390 g/mol. The SMILES string of the molecule is CNC(C)C(=O)N[C@H]1CCc2ccccc2N(Cc2ccc(Cl)cc2OC)C1=O. The molecule has 3 rings (SSSR count). The van der Waals surface area contributed by atoms with Crippen molar-refractivity contribution < 1.29 is 14.3 Å². The molecule has 2 atom stereocenters. The number of carbonyl (C=O) groups is 2. The number of ether oxygens (including phenoxy) is 1. The maximum absolute atomic E-state index is 13.4. The Balaban J connectivity index is 1.95. The number of methoxy groups -OCH3 is 1. The van der Waals surface area contributed by atoms with Crippen LogP contribution in [0.25, 0.3) is 0 Å². The van der Waals surface area contributed by atoms with E-state index in [0.29, 0.717) is 30.2 Å². The molecule has 154 valence electrons. The second-order valence-electron chi connectivity index (χ2n) is 7.12. The molecule has 1 aliphatic heterocycles. The van der Waals surface area contributed by atoms with E-state index < -0.39 is 6.04 Å². The van der Waals surface area contributed by atoms with E-state index in [1.54, 1.807) is 38.1 Å². The molecule has 0 aromatic heterocycles. The molecule has 2 amide bonds. The molecule has 0 fully saturated rings. The highest BCUT2D eigenvalue weighted by atomic mass is 35.5. The van der Waals surface area contributed by atoms with Crippen LogP contribution in [0.1, 0.15) is 24.5 Å². The molecule has 0 spiro atoms. The van der Waals surface area contributed by atoms with Crippen molar-refractivity contribution in [3.63, 3.8) is 0 Å². The van der Waals surface area contributed by atoms with Gasteiger partial charge < -0.3 is 20.3 Å². The zero-order valence-electron chi connectivity index (χ0n) is 16.9. The molecule has 2 N–H and O–H groups in total. The third-order valence-corrected chi connectivity index (χ3v) is 5.50. The van der Waals surface area contributed by atoms with Crippen LogP contribution in [0, 0.1) is 0 Å². The highest BCUT2D eigenvalue weighted by molar-refractivity contribution is 6.30. The number of amides is 2. The first-order chi connectivity index (χ1) is 13.9. The van der Waals surface area contributed by atoms with Gasteiger partial charge in [0.2, 0.25) is 11.8 Å². The standard InChI is InChI=1S/C22H26ClN3O3/c1-14(24-2)21(27)25-18-11-9-15-6-4-5-7-19(15)26(22(18)28)13-16-8-10-17(23)12-20(16)29-3/h4-8,10,12,14,18,24H,9,11,13H2,1-3H3,(H,25,27)/t14?,18-/m0/s1. The summed E-state index contributed by atoms with van der Waals surface area (Å²) in [6, 6.07) is 12.2. The van der Waals surface area contributed by atoms with Gasteiger partial charge in [0.1, 0.15) is 11.8 Å². The number of anilines is 1. The van der Waals surface area contributed by atoms with E-state index in [4.69, 9.17) is 16.3 Å². The number of nitrogens with zero attached hydrogens (tertiary/aromatic N) is 1. The topological polar surface area (TPSA) is 70.7 Å². The zero-order valence-corrected chi connectivity index (χ0v) is 17.6. The van der Waals surface area contributed by atoms with Gasteiger partial charge in [0, 0.05) is 16.3 Å². The van der Waals surface area contributed by atoms with Crippen LogP contribution in [0.2, 0.25) is 5.02 Å². The van der Waals surface area contributed by atoms with Gasteiger partial charge in [0.25, 0.3) is 0 Å². The summed E-state index contributed by atoms with van der Waals surface area (Å²) in [6.07, 6.45) is 1.25. The fraction of sp³-hybridized carbons (Fsp3) is 0.364. The van der Waals surface area contributed by atoms with E-state index in [0.717, 1.165) is 16.8 Å². The third-order valence-electron chi connectivity index (χ3n) is 5.27. The highest BCUT2D eigenvalue weighted by Crippen LogP contribution is 2.31. The molecule has 0 bridgehead atoms. The predicted octanol–water partition coefficient (Wildman–Crippen LogP) is 2.92. The number of rotatable bonds is 6. The first kappa shape index (κ1) is 21.1. The molecule has 29 heavy (non-hydrogen) atoms. The average Bonchev–Trinajstić information content (AvgIpc) is 2.86. The largest absolute Gasteiger partial charge is 0.496 e. The number of fused-ring (bicyclic) bond motifs is 1. The lowest BCUT2D eigenvalue weighted by Gasteiger charge is -2.27. The fourth-order valence-electron chi connectivity index (χ4n) is 3.46. The number of para-hydroxylation sites is 1. The van der Waals surface area contributed by atoms with Crippen molar-refractivity contribution in [1.29, 1.82) is 0 Å². The Morgan fingerprint density at radius 3 is 2.79 bits per heavy atom. The summed E-state index contributed by atoms with van der Waals surface area (Å²) >= 11 is 6.08. The lowest BCUT2D eigenvalue weighted by Crippen LogP contribution is -2.52. The average molecular weight is 416 g/mol. The minimum absolute atomic E-state index is 0.136. The number of benzene rings is 2. The number of carbonyl (C=O) groups excluding carboxylic acids is 2. The molecule has 1 aliphatic rings. The molecular formula is C22H26ClN3O3. The van der Waals surface area contributed by atoms with Crippen LogP contribution in [-0.4, -0.2) is 38.1 Å². The summed E-state index contributed by atoms with van der Waals surface area (Å²) in [5.41, 5.74) is 2.77. The van der Waals surface area contributed by atoms with Crippen LogP contribution in [0.3, 0.4) is 0 Å². The summed E-state index contributed by atoms with van der Waals surface area (Å²) < 4.78 is 5.46. The van der Waals surface area contributed by atoms with Gasteiger partial charge in [-0.3, -0.25) is 9.59 Å². The molecule has 6 nitrogen and oxygen atoms in total. The van der Waals surface area contributed by atoms with Crippen molar-refractivity contribution in [1.82, 2.24) is 10.6 Å². The Labute approximate surface area is 176 Å². The van der Waals surface area contributed by atoms with Crippen molar-refractivity contribution in [2.24, 2.45) is 0 Å². The highest BCUT2D eigenvalue weighted by Gasteiger charge is 2.32. The molecule has 7 heteroatoms. The quantitative estimate of drug-likeness (QED) is 0.761. The van der Waals surface area contributed by atoms with Gasteiger partial charge in [-0.05, 0) is 50.6 Å². The van der Waals surface area contributed by atoms with Crippen molar-refractivity contribution in [3.05, 3.63) is 58.6 Å². The maximum atomic E-state index is 13.4. The van der Waals surface area contributed by atoms with Crippen LogP contribution in [-0.2, 0) is 22.6 Å². The Bertz CT molecular complexity index is 903. The minimum atomic E-state index is -0.594. The van der Waals surface area contributed by atoms with Gasteiger partial charge in [-0.15, -0.1) is 0 Å². The van der Waals surface area contributed by atoms with E-state index in [1.807, 2.05) is 30.3 Å². The number of aryl methyl sites for hydroxylation is 1. The van der Waals surface area contributed by atoms with Gasteiger partial charge in [-0.1, -0.05) is 35.9 Å². The van der Waals surface area contributed by atoms with E-state index in [2.05, 4.69) is 10.6 Å². The van der Waals surface area contributed by atoms with E-state index >= 15 is 0 Å². The second kappa shape index (κ2) is 9.29. The molecule has 1 heterocycles. The van der Waals surface area contributed by atoms with Crippen molar-refractivity contribution >= 4 is 29.1 Å². The normalized spacial score (nSPS) is 17.3. The predicted molar refractivity (Wildman–Crippen MR) is 114 cm³/mol. The molecule has 2 aromatic rings. The second-order valence-corrected chi connectivity index (χ2v) is 7.56. The van der Waals surface area contributed by atoms with E-state index in [-0.39, 0.29) is 17.9 Å². The van der Waals surface area contributed by atoms with Gasteiger partial charge in [-0.2, -0.15) is 0 Å². The summed E-state index contributed by atoms with van der Waals surface area (Å²) in [4.78, 5) is 27.6. The summed E-state index contributed by atoms with van der Waals surface area (Å²) in [7, 11) is 3.30.